The molecular formula is C27H32N2O3. The summed E-state index contributed by atoms with van der Waals surface area (Å²) in [7, 11) is 0. The molecule has 2 amide bonds. The molecule has 2 heterocycles. The van der Waals surface area contributed by atoms with E-state index in [1.54, 1.807) is 0 Å². The van der Waals surface area contributed by atoms with Crippen molar-refractivity contribution in [2.24, 2.45) is 5.92 Å². The van der Waals surface area contributed by atoms with Gasteiger partial charge in [-0.25, -0.2) is 4.90 Å². The second kappa shape index (κ2) is 9.19. The SMILES string of the molecule is CCCOc1ccc(C2=C(N3CCCC(C)C3)C(=O)N(c3ccc(C)c(C)c3)C2=O)cc1. The van der Waals surface area contributed by atoms with Gasteiger partial charge < -0.3 is 9.64 Å². The molecule has 4 rings (SSSR count). The van der Waals surface area contributed by atoms with Gasteiger partial charge in [-0.2, -0.15) is 0 Å². The van der Waals surface area contributed by atoms with E-state index in [1.165, 1.54) is 4.90 Å². The molecule has 5 heteroatoms. The Morgan fingerprint density at radius 3 is 2.41 bits per heavy atom. The average molecular weight is 433 g/mol. The fourth-order valence-corrected chi connectivity index (χ4v) is 4.50. The van der Waals surface area contributed by atoms with Crippen LogP contribution in [0.25, 0.3) is 5.57 Å². The molecule has 0 radical (unpaired) electrons. The van der Waals surface area contributed by atoms with Crippen LogP contribution in [0.5, 0.6) is 5.75 Å². The number of likely N-dealkylation sites (tertiary alicyclic amines) is 1. The van der Waals surface area contributed by atoms with Gasteiger partial charge in [0.2, 0.25) is 0 Å². The molecule has 1 unspecified atom stereocenters. The number of nitrogens with zero attached hydrogens (tertiary/aromatic N) is 2. The Kier molecular flexibility index (Phi) is 6.35. The fourth-order valence-electron chi connectivity index (χ4n) is 4.50. The third-order valence-corrected chi connectivity index (χ3v) is 6.40. The van der Waals surface area contributed by atoms with Crippen LogP contribution in [0.15, 0.2) is 48.2 Å². The van der Waals surface area contributed by atoms with Crippen molar-refractivity contribution < 1.29 is 14.3 Å². The van der Waals surface area contributed by atoms with E-state index in [0.29, 0.717) is 29.5 Å². The monoisotopic (exact) mass is 432 g/mol. The van der Waals surface area contributed by atoms with Crippen LogP contribution in [0.1, 0.15) is 49.8 Å². The normalized spacial score (nSPS) is 19.2. The Labute approximate surface area is 190 Å². The number of ether oxygens (including phenoxy) is 1. The van der Waals surface area contributed by atoms with Crippen LogP contribution in [0, 0.1) is 19.8 Å². The van der Waals surface area contributed by atoms with E-state index in [9.17, 15) is 9.59 Å². The largest absolute Gasteiger partial charge is 0.494 e. The molecule has 0 N–H and O–H groups in total. The maximum atomic E-state index is 13.7. The number of piperidine rings is 1. The van der Waals surface area contributed by atoms with Crippen LogP contribution < -0.4 is 9.64 Å². The van der Waals surface area contributed by atoms with Gasteiger partial charge in [0.05, 0.1) is 17.9 Å². The molecule has 2 aliphatic rings. The number of benzene rings is 2. The summed E-state index contributed by atoms with van der Waals surface area (Å²) in [5.41, 5.74) is 4.59. The van der Waals surface area contributed by atoms with Gasteiger partial charge in [0.25, 0.3) is 11.8 Å². The molecule has 0 aromatic heterocycles. The Balaban J connectivity index is 1.76. The summed E-state index contributed by atoms with van der Waals surface area (Å²) >= 11 is 0. The Morgan fingerprint density at radius 1 is 1.00 bits per heavy atom. The van der Waals surface area contributed by atoms with Crippen molar-refractivity contribution in [1.82, 2.24) is 4.90 Å². The number of amides is 2. The van der Waals surface area contributed by atoms with Gasteiger partial charge >= 0.3 is 0 Å². The first-order chi connectivity index (χ1) is 15.4. The van der Waals surface area contributed by atoms with E-state index in [0.717, 1.165) is 54.8 Å². The quantitative estimate of drug-likeness (QED) is 0.596. The molecule has 0 saturated carbocycles. The first kappa shape index (κ1) is 22.1. The molecule has 1 fully saturated rings. The Bertz CT molecular complexity index is 1060. The van der Waals surface area contributed by atoms with E-state index < -0.39 is 0 Å². The summed E-state index contributed by atoms with van der Waals surface area (Å²) in [5.74, 6) is 0.774. The minimum atomic E-state index is -0.256. The van der Waals surface area contributed by atoms with Gasteiger partial charge in [0.1, 0.15) is 11.4 Å². The van der Waals surface area contributed by atoms with Crippen molar-refractivity contribution in [3.8, 4) is 5.75 Å². The van der Waals surface area contributed by atoms with E-state index >= 15 is 0 Å². The van der Waals surface area contributed by atoms with Crippen molar-refractivity contribution >= 4 is 23.1 Å². The van der Waals surface area contributed by atoms with Crippen LogP contribution in [0.4, 0.5) is 5.69 Å². The van der Waals surface area contributed by atoms with Crippen LogP contribution in [-0.2, 0) is 9.59 Å². The highest BCUT2D eigenvalue weighted by molar-refractivity contribution is 6.45. The van der Waals surface area contributed by atoms with E-state index in [-0.39, 0.29) is 11.8 Å². The van der Waals surface area contributed by atoms with Gasteiger partial charge in [-0.15, -0.1) is 0 Å². The molecule has 1 atom stereocenters. The number of imide groups is 1. The highest BCUT2D eigenvalue weighted by atomic mass is 16.5. The maximum absolute atomic E-state index is 13.7. The molecule has 32 heavy (non-hydrogen) atoms. The summed E-state index contributed by atoms with van der Waals surface area (Å²) in [6.45, 7) is 10.5. The summed E-state index contributed by atoms with van der Waals surface area (Å²) < 4.78 is 5.70. The third kappa shape index (κ3) is 4.16. The molecule has 2 aromatic rings. The second-order valence-corrected chi connectivity index (χ2v) is 9.00. The van der Waals surface area contributed by atoms with E-state index in [4.69, 9.17) is 4.74 Å². The van der Waals surface area contributed by atoms with E-state index in [1.807, 2.05) is 56.3 Å². The lowest BCUT2D eigenvalue weighted by Gasteiger charge is -2.33. The second-order valence-electron chi connectivity index (χ2n) is 9.00. The Morgan fingerprint density at radius 2 is 1.75 bits per heavy atom. The highest BCUT2D eigenvalue weighted by Gasteiger charge is 2.43. The number of aryl methyl sites for hydroxylation is 2. The van der Waals surface area contributed by atoms with Crippen LogP contribution in [0.2, 0.25) is 0 Å². The van der Waals surface area contributed by atoms with Crippen molar-refractivity contribution in [1.29, 1.82) is 0 Å². The molecule has 0 aliphatic carbocycles. The number of carbonyl (C=O) groups is 2. The fraction of sp³-hybridized carbons (Fsp3) is 0.407. The molecule has 5 nitrogen and oxygen atoms in total. The lowest BCUT2D eigenvalue weighted by atomic mass is 9.97. The zero-order chi connectivity index (χ0) is 22.8. The van der Waals surface area contributed by atoms with Gasteiger partial charge in [0.15, 0.2) is 0 Å². The first-order valence-corrected chi connectivity index (χ1v) is 11.6. The number of anilines is 1. The number of hydrogen-bond donors (Lipinski definition) is 0. The lowest BCUT2D eigenvalue weighted by molar-refractivity contribution is -0.120. The molecule has 1 saturated heterocycles. The molecule has 2 aromatic carbocycles. The van der Waals surface area contributed by atoms with Gasteiger partial charge in [-0.3, -0.25) is 9.59 Å². The first-order valence-electron chi connectivity index (χ1n) is 11.6. The van der Waals surface area contributed by atoms with Crippen molar-refractivity contribution in [3.63, 3.8) is 0 Å². The molecule has 0 bridgehead atoms. The summed E-state index contributed by atoms with van der Waals surface area (Å²) in [6, 6.07) is 13.3. The minimum Gasteiger partial charge on any atom is -0.494 e. The molecular weight excluding hydrogens is 400 g/mol. The van der Waals surface area contributed by atoms with Gasteiger partial charge in [0, 0.05) is 13.1 Å². The predicted octanol–water partition coefficient (Wildman–Crippen LogP) is 5.11. The highest BCUT2D eigenvalue weighted by Crippen LogP contribution is 2.37. The maximum Gasteiger partial charge on any atom is 0.282 e. The van der Waals surface area contributed by atoms with E-state index in [2.05, 4.69) is 18.7 Å². The summed E-state index contributed by atoms with van der Waals surface area (Å²) in [4.78, 5) is 30.8. The number of carbonyl (C=O) groups excluding carboxylic acids is 2. The van der Waals surface area contributed by atoms with Crippen molar-refractivity contribution in [3.05, 3.63) is 64.9 Å². The van der Waals surface area contributed by atoms with Crippen LogP contribution in [-0.4, -0.2) is 36.4 Å². The number of rotatable bonds is 6. The number of hydrogen-bond acceptors (Lipinski definition) is 4. The molecule has 168 valence electrons. The minimum absolute atomic E-state index is 0.228. The van der Waals surface area contributed by atoms with Gasteiger partial charge in [-0.05, 0) is 80.0 Å². The smallest absolute Gasteiger partial charge is 0.282 e. The molecule has 0 spiro atoms. The zero-order valence-electron chi connectivity index (χ0n) is 19.5. The average Bonchev–Trinajstić information content (AvgIpc) is 3.04. The zero-order valence-corrected chi connectivity index (χ0v) is 19.5. The Hall–Kier alpha value is -3.08. The van der Waals surface area contributed by atoms with Crippen molar-refractivity contribution in [2.45, 2.75) is 47.0 Å². The summed E-state index contributed by atoms with van der Waals surface area (Å²) in [6.07, 6.45) is 3.10. The standard InChI is InChI=1S/C27H32N2O3/c1-5-15-32-23-12-9-21(10-13-23)24-25(28-14-6-7-18(2)17-28)27(31)29(26(24)30)22-11-8-19(3)20(4)16-22/h8-13,16,18H,5-7,14-15,17H2,1-4H3. The molecule has 2 aliphatic heterocycles. The third-order valence-electron chi connectivity index (χ3n) is 6.40. The van der Waals surface area contributed by atoms with Crippen molar-refractivity contribution in [2.75, 3.05) is 24.6 Å². The topological polar surface area (TPSA) is 49.9 Å². The van der Waals surface area contributed by atoms with Gasteiger partial charge in [-0.1, -0.05) is 32.0 Å². The predicted molar refractivity (Wildman–Crippen MR) is 128 cm³/mol. The van der Waals surface area contributed by atoms with Crippen LogP contribution >= 0.6 is 0 Å². The lowest BCUT2D eigenvalue weighted by Crippen LogP contribution is -2.39. The van der Waals surface area contributed by atoms with Crippen LogP contribution in [0.3, 0.4) is 0 Å². The summed E-state index contributed by atoms with van der Waals surface area (Å²) in [5, 5.41) is 0.